The Hall–Kier alpha value is -3.18. The van der Waals surface area contributed by atoms with Crippen molar-refractivity contribution in [2.75, 3.05) is 37.6 Å². The highest BCUT2D eigenvalue weighted by Gasteiger charge is 2.31. The van der Waals surface area contributed by atoms with Crippen molar-refractivity contribution >= 4 is 12.0 Å². The number of aromatic nitrogens is 2. The molecular formula is C23H28N6O2. The van der Waals surface area contributed by atoms with Gasteiger partial charge in [0.1, 0.15) is 12.2 Å². The zero-order valence-electron chi connectivity index (χ0n) is 17.9. The molecule has 2 aliphatic rings. The molecule has 2 aromatic rings. The van der Waals surface area contributed by atoms with Gasteiger partial charge < -0.3 is 14.5 Å². The molecule has 3 heterocycles. The zero-order chi connectivity index (χ0) is 21.6. The molecule has 1 aromatic carbocycles. The molecule has 0 unspecified atom stereocenters. The first-order valence-corrected chi connectivity index (χ1v) is 10.8. The van der Waals surface area contributed by atoms with Gasteiger partial charge in [-0.2, -0.15) is 5.26 Å². The lowest BCUT2D eigenvalue weighted by Gasteiger charge is -2.40. The molecule has 0 radical (unpaired) electrons. The zero-order valence-corrected chi connectivity index (χ0v) is 17.9. The third-order valence-corrected chi connectivity index (χ3v) is 5.96. The van der Waals surface area contributed by atoms with E-state index >= 15 is 0 Å². The van der Waals surface area contributed by atoms with E-state index in [1.165, 1.54) is 18.0 Å². The molecule has 31 heavy (non-hydrogen) atoms. The van der Waals surface area contributed by atoms with Crippen LogP contribution in [-0.4, -0.2) is 70.7 Å². The summed E-state index contributed by atoms with van der Waals surface area (Å²) < 4.78 is 5.82. The maximum absolute atomic E-state index is 12.7. The van der Waals surface area contributed by atoms with E-state index in [2.05, 4.69) is 44.0 Å². The molecule has 0 bridgehead atoms. The lowest BCUT2D eigenvalue weighted by atomic mass is 10.1. The fraction of sp³-hybridized carbons (Fsp3) is 0.478. The highest BCUT2D eigenvalue weighted by molar-refractivity contribution is 5.68. The van der Waals surface area contributed by atoms with Crippen LogP contribution in [0.3, 0.4) is 0 Å². The molecular weight excluding hydrogens is 392 g/mol. The Balaban J connectivity index is 1.23. The molecule has 0 aliphatic carbocycles. The molecule has 1 atom stereocenters. The summed E-state index contributed by atoms with van der Waals surface area (Å²) >= 11 is 0. The lowest BCUT2D eigenvalue weighted by molar-refractivity contribution is 0.0242. The van der Waals surface area contributed by atoms with Gasteiger partial charge >= 0.3 is 6.09 Å². The second-order valence-corrected chi connectivity index (χ2v) is 8.22. The van der Waals surface area contributed by atoms with Crippen LogP contribution >= 0.6 is 0 Å². The minimum Gasteiger partial charge on any atom is -0.446 e. The Kier molecular flexibility index (Phi) is 6.63. The molecule has 0 N–H and O–H groups in total. The Morgan fingerprint density at radius 1 is 1.13 bits per heavy atom. The maximum atomic E-state index is 12.7. The van der Waals surface area contributed by atoms with E-state index in [9.17, 15) is 4.79 Å². The maximum Gasteiger partial charge on any atom is 0.410 e. The highest BCUT2D eigenvalue weighted by atomic mass is 16.6. The molecule has 8 nitrogen and oxygen atoms in total. The van der Waals surface area contributed by atoms with Crippen molar-refractivity contribution in [1.29, 1.82) is 5.26 Å². The van der Waals surface area contributed by atoms with Crippen LogP contribution in [0.2, 0.25) is 0 Å². The number of nitrogens with zero attached hydrogens (tertiary/aromatic N) is 6. The van der Waals surface area contributed by atoms with Gasteiger partial charge in [-0.1, -0.05) is 30.3 Å². The van der Waals surface area contributed by atoms with E-state index < -0.39 is 0 Å². The lowest BCUT2D eigenvalue weighted by Crippen LogP contribution is -2.55. The number of piperidine rings is 1. The summed E-state index contributed by atoms with van der Waals surface area (Å²) in [6.07, 6.45) is 4.54. The van der Waals surface area contributed by atoms with Crippen molar-refractivity contribution in [2.24, 2.45) is 0 Å². The largest absolute Gasteiger partial charge is 0.446 e. The predicted octanol–water partition coefficient (Wildman–Crippen LogP) is 2.66. The Bertz CT molecular complexity index is 906. The number of likely N-dealkylation sites (tertiary alicyclic amines) is 1. The number of piperazine rings is 1. The van der Waals surface area contributed by atoms with Crippen molar-refractivity contribution in [3.8, 4) is 6.07 Å². The SMILES string of the molecule is C[C@@H]1CN(C(=O)OC2CCN(Cc3ccccc3)CC2)CCN1c1ncc(C#N)cn1. The first-order valence-electron chi connectivity index (χ1n) is 10.8. The molecule has 162 valence electrons. The van der Waals surface area contributed by atoms with Gasteiger partial charge in [-0.15, -0.1) is 0 Å². The summed E-state index contributed by atoms with van der Waals surface area (Å²) in [5, 5.41) is 8.90. The van der Waals surface area contributed by atoms with Gasteiger partial charge in [-0.05, 0) is 25.3 Å². The van der Waals surface area contributed by atoms with Crippen LogP contribution in [0.5, 0.6) is 0 Å². The van der Waals surface area contributed by atoms with Crippen molar-refractivity contribution in [3.05, 3.63) is 53.9 Å². The van der Waals surface area contributed by atoms with E-state index in [0.29, 0.717) is 31.1 Å². The molecule has 8 heteroatoms. The van der Waals surface area contributed by atoms with Gasteiger partial charge in [-0.3, -0.25) is 4.90 Å². The van der Waals surface area contributed by atoms with Gasteiger partial charge in [0.25, 0.3) is 0 Å². The highest BCUT2D eigenvalue weighted by Crippen LogP contribution is 2.20. The normalized spacial score (nSPS) is 20.3. The molecule has 2 saturated heterocycles. The summed E-state index contributed by atoms with van der Waals surface area (Å²) in [7, 11) is 0. The number of nitriles is 1. The second kappa shape index (κ2) is 9.75. The van der Waals surface area contributed by atoms with Crippen LogP contribution in [-0.2, 0) is 11.3 Å². The third-order valence-electron chi connectivity index (χ3n) is 5.96. The fourth-order valence-electron chi connectivity index (χ4n) is 4.19. The number of anilines is 1. The van der Waals surface area contributed by atoms with Crippen LogP contribution in [0.15, 0.2) is 42.7 Å². The number of carbonyl (C=O) groups excluding carboxylic acids is 1. The van der Waals surface area contributed by atoms with Crippen LogP contribution in [0, 0.1) is 11.3 Å². The van der Waals surface area contributed by atoms with Gasteiger partial charge in [0.2, 0.25) is 5.95 Å². The number of amides is 1. The van der Waals surface area contributed by atoms with Crippen LogP contribution in [0.25, 0.3) is 0 Å². The van der Waals surface area contributed by atoms with Crippen molar-refractivity contribution < 1.29 is 9.53 Å². The van der Waals surface area contributed by atoms with Crippen LogP contribution < -0.4 is 4.90 Å². The number of benzene rings is 1. The standard InChI is InChI=1S/C23H28N6O2/c1-18-16-28(11-12-29(18)22-25-14-20(13-24)15-26-22)23(30)31-21-7-9-27(10-8-21)17-19-5-3-2-4-6-19/h2-6,14-15,18,21H,7-12,16-17H2,1H3/t18-/m1/s1. The summed E-state index contributed by atoms with van der Waals surface area (Å²) in [4.78, 5) is 27.5. The number of ether oxygens (including phenoxy) is 1. The Labute approximate surface area is 183 Å². The number of hydrogen-bond acceptors (Lipinski definition) is 7. The van der Waals surface area contributed by atoms with Crippen molar-refractivity contribution in [1.82, 2.24) is 19.8 Å². The number of hydrogen-bond donors (Lipinski definition) is 0. The first kappa shape index (κ1) is 21.1. The summed E-state index contributed by atoms with van der Waals surface area (Å²) in [6.45, 7) is 6.63. The van der Waals surface area contributed by atoms with Gasteiger partial charge in [0.05, 0.1) is 18.0 Å². The second-order valence-electron chi connectivity index (χ2n) is 8.22. The molecule has 0 spiro atoms. The summed E-state index contributed by atoms with van der Waals surface area (Å²) in [5.74, 6) is 0.588. The molecule has 4 rings (SSSR count). The van der Waals surface area contributed by atoms with E-state index in [1.807, 2.05) is 19.1 Å². The first-order chi connectivity index (χ1) is 15.1. The Morgan fingerprint density at radius 2 is 1.84 bits per heavy atom. The van der Waals surface area contributed by atoms with E-state index in [-0.39, 0.29) is 18.2 Å². The Morgan fingerprint density at radius 3 is 2.48 bits per heavy atom. The molecule has 2 fully saturated rings. The van der Waals surface area contributed by atoms with E-state index in [4.69, 9.17) is 10.00 Å². The molecule has 1 aromatic heterocycles. The van der Waals surface area contributed by atoms with E-state index in [0.717, 1.165) is 32.5 Å². The molecule has 1 amide bonds. The summed E-state index contributed by atoms with van der Waals surface area (Å²) in [6, 6.07) is 12.6. The fourth-order valence-corrected chi connectivity index (χ4v) is 4.19. The minimum absolute atomic E-state index is 0.0188. The van der Waals surface area contributed by atoms with Gasteiger partial charge in [0.15, 0.2) is 0 Å². The predicted molar refractivity (Wildman–Crippen MR) is 116 cm³/mol. The quantitative estimate of drug-likeness (QED) is 0.752. The van der Waals surface area contributed by atoms with E-state index in [1.54, 1.807) is 4.90 Å². The number of carbonyl (C=O) groups is 1. The van der Waals surface area contributed by atoms with Crippen molar-refractivity contribution in [3.63, 3.8) is 0 Å². The average Bonchev–Trinajstić information content (AvgIpc) is 2.81. The monoisotopic (exact) mass is 420 g/mol. The smallest absolute Gasteiger partial charge is 0.410 e. The van der Waals surface area contributed by atoms with Gasteiger partial charge in [-0.25, -0.2) is 14.8 Å². The molecule has 0 saturated carbocycles. The van der Waals surface area contributed by atoms with Crippen LogP contribution in [0.4, 0.5) is 10.7 Å². The van der Waals surface area contributed by atoms with Crippen LogP contribution in [0.1, 0.15) is 30.9 Å². The molecule has 2 aliphatic heterocycles. The van der Waals surface area contributed by atoms with Gasteiger partial charge in [0, 0.05) is 45.3 Å². The average molecular weight is 421 g/mol. The topological polar surface area (TPSA) is 85.6 Å². The third kappa shape index (κ3) is 5.30. The van der Waals surface area contributed by atoms with Crippen molar-refractivity contribution in [2.45, 2.75) is 38.5 Å². The number of rotatable bonds is 4. The minimum atomic E-state index is -0.228. The summed E-state index contributed by atoms with van der Waals surface area (Å²) in [5.41, 5.74) is 1.75.